The van der Waals surface area contributed by atoms with Crippen molar-refractivity contribution in [1.82, 2.24) is 0 Å². The fourth-order valence-electron chi connectivity index (χ4n) is 4.89. The Labute approximate surface area is 272 Å². The summed E-state index contributed by atoms with van der Waals surface area (Å²) in [6.07, 6.45) is 5.04. The normalized spacial score (nSPS) is 14.1. The summed E-state index contributed by atoms with van der Waals surface area (Å²) in [6.45, 7) is 25.0. The van der Waals surface area contributed by atoms with Crippen molar-refractivity contribution in [2.75, 3.05) is 7.11 Å². The molecule has 0 radical (unpaired) electrons. The van der Waals surface area contributed by atoms with Crippen LogP contribution in [0.3, 0.4) is 0 Å². The number of allylic oxidation sites excluding steroid dienone is 2. The molecule has 0 aliphatic heterocycles. The van der Waals surface area contributed by atoms with Gasteiger partial charge >= 0.3 is 235 Å². The summed E-state index contributed by atoms with van der Waals surface area (Å²) in [5.74, 6) is 1.69. The monoisotopic (exact) mass is 692 g/mol. The van der Waals surface area contributed by atoms with Crippen molar-refractivity contribution in [2.24, 2.45) is 0 Å². The zero-order valence-corrected chi connectivity index (χ0v) is 32.9. The van der Waals surface area contributed by atoms with Crippen LogP contribution in [0.5, 0.6) is 11.5 Å². The van der Waals surface area contributed by atoms with E-state index in [0.717, 1.165) is 60.0 Å². The van der Waals surface area contributed by atoms with E-state index < -0.39 is 22.2 Å². The summed E-state index contributed by atoms with van der Waals surface area (Å²) in [6, 6.07) is 18.4. The molecule has 0 saturated heterocycles. The Balaban J connectivity index is 2.38. The van der Waals surface area contributed by atoms with Gasteiger partial charge in [-0.2, -0.15) is 0 Å². The first kappa shape index (κ1) is 37.8. The fraction of sp³-hybridized carbons (Fsp3) is 0.611. The molecule has 4 nitrogen and oxygen atoms in total. The van der Waals surface area contributed by atoms with Crippen molar-refractivity contribution in [3.63, 3.8) is 0 Å². The van der Waals surface area contributed by atoms with Crippen LogP contribution in [0.4, 0.5) is 0 Å². The van der Waals surface area contributed by atoms with Gasteiger partial charge in [0.25, 0.3) is 0 Å². The predicted molar refractivity (Wildman–Crippen MR) is 191 cm³/mol. The van der Waals surface area contributed by atoms with Crippen LogP contribution in [0.1, 0.15) is 86.3 Å². The summed E-state index contributed by atoms with van der Waals surface area (Å²) in [7, 11) is -2.08. The third-order valence-corrected chi connectivity index (χ3v) is 21.7. The molecule has 1 N–H and O–H groups in total. The van der Waals surface area contributed by atoms with E-state index in [1.165, 1.54) is 10.0 Å². The molecule has 0 saturated carbocycles. The summed E-state index contributed by atoms with van der Waals surface area (Å²) in [5, 5.41) is 11.1. The molecule has 2 aromatic carbocycles. The van der Waals surface area contributed by atoms with Gasteiger partial charge in [0.2, 0.25) is 0 Å². The van der Waals surface area contributed by atoms with Gasteiger partial charge in [0.1, 0.15) is 0 Å². The van der Waals surface area contributed by atoms with Crippen molar-refractivity contribution in [2.45, 2.75) is 135 Å². The second-order valence-corrected chi connectivity index (χ2v) is 26.2. The number of hydrogen-bond donors (Lipinski definition) is 1. The number of aliphatic hydroxyl groups is 1. The van der Waals surface area contributed by atoms with Crippen molar-refractivity contribution in [1.29, 1.82) is 0 Å². The summed E-state index contributed by atoms with van der Waals surface area (Å²) in [5.41, 5.74) is 2.94. The van der Waals surface area contributed by atoms with Crippen LogP contribution in [-0.4, -0.2) is 49.4 Å². The van der Waals surface area contributed by atoms with Crippen LogP contribution < -0.4 is 13.6 Å². The van der Waals surface area contributed by atoms with Gasteiger partial charge in [-0.25, -0.2) is 0 Å². The summed E-state index contributed by atoms with van der Waals surface area (Å²) in [4.78, 5) is 0.240. The molecule has 2 aromatic rings. The Bertz CT molecular complexity index is 1150. The first-order chi connectivity index (χ1) is 20.0. The van der Waals surface area contributed by atoms with Gasteiger partial charge in [0, 0.05) is 0 Å². The topological polar surface area (TPSA) is 47.9 Å². The maximum absolute atomic E-state index is 11.0. The minimum absolute atomic E-state index is 0.0734. The van der Waals surface area contributed by atoms with Gasteiger partial charge < -0.3 is 0 Å². The molecule has 0 amide bonds. The molecule has 43 heavy (non-hydrogen) atoms. The number of benzene rings is 2. The van der Waals surface area contributed by atoms with E-state index in [1.807, 2.05) is 13.8 Å². The minimum atomic E-state index is -2.10. The molecular weight excluding hydrogens is 632 g/mol. The second kappa shape index (κ2) is 16.3. The number of ether oxygens (including phenoxy) is 1. The van der Waals surface area contributed by atoms with Crippen molar-refractivity contribution < 1.29 is 18.7 Å². The van der Waals surface area contributed by atoms with Crippen LogP contribution in [0, 0.1) is 0 Å². The van der Waals surface area contributed by atoms with E-state index in [4.69, 9.17) is 13.6 Å². The third-order valence-electron chi connectivity index (χ3n) is 9.33. The average molecular weight is 692 g/mol. The average Bonchev–Trinajstić information content (AvgIpc) is 2.95. The van der Waals surface area contributed by atoms with Crippen molar-refractivity contribution >= 4 is 36.1 Å². The van der Waals surface area contributed by atoms with Crippen LogP contribution >= 0.6 is 0 Å². The molecule has 0 aromatic heterocycles. The number of methoxy groups -OCH3 is 1. The van der Waals surface area contributed by atoms with Gasteiger partial charge in [-0.15, -0.1) is 0 Å². The third kappa shape index (κ3) is 11.2. The SMILES string of the molecule is CC[Si](CC)(CC)OCc1cc(C/C=C(\C)CCC([Se]c2ccccc2)C(C)(C)O)c(O[Si](C)(C)C(C)(C)C)c(OC)c1. The van der Waals surface area contributed by atoms with Crippen molar-refractivity contribution in [3.8, 4) is 11.5 Å². The molecule has 2 rings (SSSR count). The van der Waals surface area contributed by atoms with Gasteiger partial charge in [0.15, 0.2) is 0 Å². The van der Waals surface area contributed by atoms with Gasteiger partial charge in [-0.05, 0) is 18.1 Å². The Kier molecular flexibility index (Phi) is 14.3. The van der Waals surface area contributed by atoms with E-state index in [9.17, 15) is 5.11 Å². The predicted octanol–water partition coefficient (Wildman–Crippen LogP) is 9.46. The van der Waals surface area contributed by atoms with Gasteiger partial charge in [-0.1, -0.05) is 20.8 Å². The van der Waals surface area contributed by atoms with E-state index in [2.05, 4.69) is 110 Å². The molecule has 0 heterocycles. The van der Waals surface area contributed by atoms with Crippen LogP contribution in [0.15, 0.2) is 54.1 Å². The second-order valence-electron chi connectivity index (χ2n) is 14.0. The van der Waals surface area contributed by atoms with Crippen LogP contribution in [0.25, 0.3) is 0 Å². The Morgan fingerprint density at radius 1 is 0.977 bits per heavy atom. The molecule has 0 aliphatic carbocycles. The van der Waals surface area contributed by atoms with Crippen LogP contribution in [-0.2, 0) is 17.5 Å². The molecule has 1 atom stereocenters. The first-order valence-corrected chi connectivity index (χ1v) is 23.4. The zero-order valence-electron chi connectivity index (χ0n) is 29.2. The van der Waals surface area contributed by atoms with E-state index in [-0.39, 0.29) is 24.8 Å². The van der Waals surface area contributed by atoms with Crippen molar-refractivity contribution in [3.05, 3.63) is 65.2 Å². The molecular formula is C36H60O4SeSi2. The Morgan fingerprint density at radius 2 is 1.58 bits per heavy atom. The molecule has 7 heteroatoms. The number of rotatable bonds is 17. The van der Waals surface area contributed by atoms with Gasteiger partial charge in [0.05, 0.1) is 0 Å². The fourth-order valence-corrected chi connectivity index (χ4v) is 11.0. The molecule has 242 valence electrons. The van der Waals surface area contributed by atoms with E-state index in [0.29, 0.717) is 6.61 Å². The maximum atomic E-state index is 11.0. The Morgan fingerprint density at radius 3 is 2.09 bits per heavy atom. The zero-order chi connectivity index (χ0) is 32.5. The molecule has 0 spiro atoms. The Hall–Kier alpha value is -1.35. The van der Waals surface area contributed by atoms with E-state index in [1.54, 1.807) is 7.11 Å². The molecule has 1 unspecified atom stereocenters. The van der Waals surface area contributed by atoms with Crippen LogP contribution in [0.2, 0.25) is 41.1 Å². The van der Waals surface area contributed by atoms with E-state index >= 15 is 0 Å². The molecule has 0 bridgehead atoms. The first-order valence-electron chi connectivity index (χ1n) is 16.1. The summed E-state index contributed by atoms with van der Waals surface area (Å²) >= 11 is 0.208. The quantitative estimate of drug-likeness (QED) is 0.133. The molecule has 0 aliphatic rings. The standard InChI is InChI=1S/C36H60O4SeSi2/c1-13-43(14-2,15-3)39-27-29-25-30(34(32(26-29)38-10)40-42(11,12)35(5,6)7)23-21-28(4)22-24-33(36(8,9)37)41-31-19-17-16-18-20-31/h16-21,25-26,33,37H,13-15,22-24,27H2,1-12H3/b28-21+. The molecule has 0 fully saturated rings. The van der Waals surface area contributed by atoms with Gasteiger partial charge in [-0.3, -0.25) is 0 Å². The summed E-state index contributed by atoms with van der Waals surface area (Å²) < 4.78 is 21.0. The number of hydrogen-bond acceptors (Lipinski definition) is 4.